The summed E-state index contributed by atoms with van der Waals surface area (Å²) in [6.07, 6.45) is 1.55. The molecule has 5 heteroatoms. The van der Waals surface area contributed by atoms with E-state index in [4.69, 9.17) is 4.84 Å². The van der Waals surface area contributed by atoms with Crippen molar-refractivity contribution in [2.24, 2.45) is 0 Å². The maximum absolute atomic E-state index is 12.0. The van der Waals surface area contributed by atoms with Gasteiger partial charge in [0, 0.05) is 12.0 Å². The Morgan fingerprint density at radius 3 is 3.00 bits per heavy atom. The molecular weight excluding hydrogens is 234 g/mol. The van der Waals surface area contributed by atoms with E-state index in [1.807, 2.05) is 6.92 Å². The van der Waals surface area contributed by atoms with Gasteiger partial charge in [-0.15, -0.1) is 0 Å². The molecule has 1 aromatic carbocycles. The Labute approximate surface area is 105 Å². The van der Waals surface area contributed by atoms with E-state index in [1.165, 1.54) is 6.07 Å². The number of carbonyl (C=O) groups is 2. The lowest BCUT2D eigenvalue weighted by Gasteiger charge is -2.26. The van der Waals surface area contributed by atoms with Crippen molar-refractivity contribution in [3.8, 4) is 5.75 Å². The number of hydrogen-bond acceptors (Lipinski definition) is 4. The van der Waals surface area contributed by atoms with E-state index in [9.17, 15) is 14.7 Å². The Hall–Kier alpha value is -2.04. The zero-order valence-electron chi connectivity index (χ0n) is 10.2. The summed E-state index contributed by atoms with van der Waals surface area (Å²) < 4.78 is 0. The SMILES string of the molecule is CCCC(=O)ON1CCc2cc(O)ccc2C1=O. The van der Waals surface area contributed by atoms with E-state index in [0.717, 1.165) is 10.6 Å². The average molecular weight is 249 g/mol. The van der Waals surface area contributed by atoms with Gasteiger partial charge in [0.15, 0.2) is 0 Å². The van der Waals surface area contributed by atoms with Crippen molar-refractivity contribution in [3.05, 3.63) is 29.3 Å². The average Bonchev–Trinajstić information content (AvgIpc) is 2.33. The molecule has 0 saturated heterocycles. The van der Waals surface area contributed by atoms with Crippen molar-refractivity contribution < 1.29 is 19.5 Å². The largest absolute Gasteiger partial charge is 0.508 e. The molecule has 0 atom stereocenters. The minimum Gasteiger partial charge on any atom is -0.508 e. The zero-order valence-corrected chi connectivity index (χ0v) is 10.2. The summed E-state index contributed by atoms with van der Waals surface area (Å²) in [5, 5.41) is 10.4. The van der Waals surface area contributed by atoms with E-state index in [0.29, 0.717) is 31.4 Å². The van der Waals surface area contributed by atoms with E-state index in [2.05, 4.69) is 0 Å². The van der Waals surface area contributed by atoms with Crippen molar-refractivity contribution in [1.29, 1.82) is 0 Å². The van der Waals surface area contributed by atoms with Gasteiger partial charge in [-0.2, -0.15) is 5.06 Å². The molecule has 1 aliphatic heterocycles. The van der Waals surface area contributed by atoms with Gasteiger partial charge in [0.1, 0.15) is 5.75 Å². The number of phenols is 1. The number of benzene rings is 1. The van der Waals surface area contributed by atoms with E-state index < -0.39 is 5.97 Å². The number of rotatable bonds is 3. The molecule has 0 radical (unpaired) electrons. The number of phenolic OH excluding ortho intramolecular Hbond substituents is 1. The molecule has 1 heterocycles. The number of aromatic hydroxyl groups is 1. The van der Waals surface area contributed by atoms with Gasteiger partial charge < -0.3 is 9.94 Å². The molecule has 0 unspecified atom stereocenters. The van der Waals surface area contributed by atoms with Gasteiger partial charge in [0.05, 0.1) is 6.54 Å². The smallest absolute Gasteiger partial charge is 0.332 e. The van der Waals surface area contributed by atoms with E-state index in [1.54, 1.807) is 12.1 Å². The van der Waals surface area contributed by atoms with Crippen molar-refractivity contribution in [2.45, 2.75) is 26.2 Å². The molecule has 0 aliphatic carbocycles. The molecule has 18 heavy (non-hydrogen) atoms. The lowest BCUT2D eigenvalue weighted by molar-refractivity contribution is -0.178. The molecule has 2 rings (SSSR count). The van der Waals surface area contributed by atoms with Crippen LogP contribution in [0, 0.1) is 0 Å². The monoisotopic (exact) mass is 249 g/mol. The Bertz CT molecular complexity index is 484. The van der Waals surface area contributed by atoms with Gasteiger partial charge in [-0.25, -0.2) is 4.79 Å². The van der Waals surface area contributed by atoms with Crippen molar-refractivity contribution in [3.63, 3.8) is 0 Å². The van der Waals surface area contributed by atoms with Gasteiger partial charge in [-0.3, -0.25) is 4.79 Å². The van der Waals surface area contributed by atoms with Crippen LogP contribution in [-0.4, -0.2) is 28.6 Å². The number of nitrogens with zero attached hydrogens (tertiary/aromatic N) is 1. The molecule has 1 N–H and O–H groups in total. The van der Waals surface area contributed by atoms with Crippen LogP contribution in [0.15, 0.2) is 18.2 Å². The Morgan fingerprint density at radius 1 is 1.50 bits per heavy atom. The molecule has 0 fully saturated rings. The zero-order chi connectivity index (χ0) is 13.1. The molecule has 0 bridgehead atoms. The third-order valence-electron chi connectivity index (χ3n) is 2.80. The second kappa shape index (κ2) is 5.08. The highest BCUT2D eigenvalue weighted by molar-refractivity contribution is 5.96. The summed E-state index contributed by atoms with van der Waals surface area (Å²) in [6, 6.07) is 4.57. The van der Waals surface area contributed by atoms with Crippen LogP contribution in [0.1, 0.15) is 35.7 Å². The van der Waals surface area contributed by atoms with Gasteiger partial charge in [0.2, 0.25) is 0 Å². The number of carbonyl (C=O) groups excluding carboxylic acids is 2. The highest BCUT2D eigenvalue weighted by Crippen LogP contribution is 2.23. The number of hydrogen-bond donors (Lipinski definition) is 1. The second-order valence-electron chi connectivity index (χ2n) is 4.21. The van der Waals surface area contributed by atoms with Crippen LogP contribution in [-0.2, 0) is 16.1 Å². The van der Waals surface area contributed by atoms with Gasteiger partial charge in [-0.05, 0) is 36.6 Å². The second-order valence-corrected chi connectivity index (χ2v) is 4.21. The first-order valence-corrected chi connectivity index (χ1v) is 5.96. The Kier molecular flexibility index (Phi) is 3.50. The predicted molar refractivity (Wildman–Crippen MR) is 63.8 cm³/mol. The molecular formula is C13H15NO4. The highest BCUT2D eigenvalue weighted by Gasteiger charge is 2.27. The molecule has 0 aromatic heterocycles. The third kappa shape index (κ3) is 2.45. The lowest BCUT2D eigenvalue weighted by Crippen LogP contribution is -2.39. The fraction of sp³-hybridized carbons (Fsp3) is 0.385. The van der Waals surface area contributed by atoms with Crippen LogP contribution >= 0.6 is 0 Å². The molecule has 0 spiro atoms. The summed E-state index contributed by atoms with van der Waals surface area (Å²) in [6.45, 7) is 2.20. The van der Waals surface area contributed by atoms with E-state index in [-0.39, 0.29) is 11.7 Å². The van der Waals surface area contributed by atoms with Crippen molar-refractivity contribution >= 4 is 11.9 Å². The first-order chi connectivity index (χ1) is 8.61. The normalized spacial score (nSPS) is 14.3. The topological polar surface area (TPSA) is 66.8 Å². The number of hydroxylamine groups is 2. The Balaban J connectivity index is 2.13. The van der Waals surface area contributed by atoms with Crippen LogP contribution in [0.3, 0.4) is 0 Å². The fourth-order valence-electron chi connectivity index (χ4n) is 1.91. The van der Waals surface area contributed by atoms with Crippen LogP contribution < -0.4 is 0 Å². The highest BCUT2D eigenvalue weighted by atomic mass is 16.7. The van der Waals surface area contributed by atoms with Crippen molar-refractivity contribution in [1.82, 2.24) is 5.06 Å². The molecule has 1 aliphatic rings. The number of fused-ring (bicyclic) bond motifs is 1. The summed E-state index contributed by atoms with van der Waals surface area (Å²) in [4.78, 5) is 28.4. The Morgan fingerprint density at radius 2 is 2.28 bits per heavy atom. The van der Waals surface area contributed by atoms with E-state index >= 15 is 0 Å². The molecule has 1 amide bonds. The van der Waals surface area contributed by atoms with Crippen LogP contribution in [0.5, 0.6) is 5.75 Å². The molecule has 5 nitrogen and oxygen atoms in total. The first-order valence-electron chi connectivity index (χ1n) is 5.96. The lowest BCUT2D eigenvalue weighted by atomic mass is 10.00. The van der Waals surface area contributed by atoms with Crippen LogP contribution in [0.2, 0.25) is 0 Å². The predicted octanol–water partition coefficient (Wildman–Crippen LogP) is 1.65. The van der Waals surface area contributed by atoms with Crippen molar-refractivity contribution in [2.75, 3.05) is 6.54 Å². The minimum absolute atomic E-state index is 0.137. The summed E-state index contributed by atoms with van der Waals surface area (Å²) >= 11 is 0. The molecule has 1 aromatic rings. The third-order valence-corrected chi connectivity index (χ3v) is 2.80. The van der Waals surface area contributed by atoms with Crippen LogP contribution in [0.25, 0.3) is 0 Å². The van der Waals surface area contributed by atoms with Gasteiger partial charge >= 0.3 is 5.97 Å². The standard InChI is InChI=1S/C13H15NO4/c1-2-3-12(16)18-14-7-6-9-8-10(15)4-5-11(9)13(14)17/h4-5,8,15H,2-3,6-7H2,1H3. The van der Waals surface area contributed by atoms with Gasteiger partial charge in [0.25, 0.3) is 5.91 Å². The minimum atomic E-state index is -0.395. The molecule has 96 valence electrons. The van der Waals surface area contributed by atoms with Gasteiger partial charge in [-0.1, -0.05) is 6.92 Å². The van der Waals surface area contributed by atoms with Crippen LogP contribution in [0.4, 0.5) is 0 Å². The maximum atomic E-state index is 12.0. The summed E-state index contributed by atoms with van der Waals surface area (Å²) in [5.41, 5.74) is 1.26. The quantitative estimate of drug-likeness (QED) is 0.884. The fourth-order valence-corrected chi connectivity index (χ4v) is 1.91. The molecule has 0 saturated carbocycles. The summed E-state index contributed by atoms with van der Waals surface area (Å²) in [5.74, 6) is -0.591. The summed E-state index contributed by atoms with van der Waals surface area (Å²) in [7, 11) is 0. The maximum Gasteiger partial charge on any atom is 0.332 e. The first kappa shape index (κ1) is 12.4. The number of amides is 1.